The van der Waals surface area contributed by atoms with E-state index in [2.05, 4.69) is 4.90 Å². The Balaban J connectivity index is 2.04. The molecule has 0 unspecified atom stereocenters. The van der Waals surface area contributed by atoms with Crippen molar-refractivity contribution >= 4 is 5.97 Å². The van der Waals surface area contributed by atoms with Gasteiger partial charge in [-0.2, -0.15) is 0 Å². The summed E-state index contributed by atoms with van der Waals surface area (Å²) in [4.78, 5) is 17.5. The molecule has 0 aromatic carbocycles. The molecule has 12 nitrogen and oxygen atoms in total. The zero-order chi connectivity index (χ0) is 33.1. The van der Waals surface area contributed by atoms with E-state index in [1.165, 1.54) is 7.11 Å². The number of aliphatic hydroxyl groups is 3. The minimum absolute atomic E-state index is 0.0337. The number of carbonyl (C=O) groups is 1. The SMILES string of the molecule is CO[C@]1(C)C[C@H](O[C@H]2[C@H](C)[C@@H](O[C@@H]3O[C@H](C)C[C@H](N(C)C)[C@H]3O)[C@](C)(O)C[C@@H](C)N(C)CCCOC(=O)[C@@H]2C)O[C@@H](C)[C@@H]1O. The molecule has 0 bridgehead atoms. The fourth-order valence-corrected chi connectivity index (χ4v) is 7.12. The van der Waals surface area contributed by atoms with Gasteiger partial charge in [-0.1, -0.05) is 6.92 Å². The van der Waals surface area contributed by atoms with E-state index in [4.69, 9.17) is 28.4 Å². The molecule has 258 valence electrons. The largest absolute Gasteiger partial charge is 0.465 e. The van der Waals surface area contributed by atoms with Crippen LogP contribution in [-0.2, 0) is 33.2 Å². The first-order valence-corrected chi connectivity index (χ1v) is 16.2. The first kappa shape index (κ1) is 37.5. The van der Waals surface area contributed by atoms with E-state index < -0.39 is 72.1 Å². The van der Waals surface area contributed by atoms with Crippen molar-refractivity contribution in [2.75, 3.05) is 41.4 Å². The molecule has 14 atom stereocenters. The Labute approximate surface area is 264 Å². The van der Waals surface area contributed by atoms with E-state index in [1.807, 2.05) is 46.8 Å². The molecule has 0 amide bonds. The lowest BCUT2D eigenvalue weighted by atomic mass is 9.78. The standard InChI is InChI=1S/C32H60N2O10/c1-18-16-31(6,38)28(44-30-25(35)23(33(8)9)15-19(2)41-30)20(3)26(21(4)29(37)40-14-12-13-34(18)10)43-24-17-32(7,39-11)27(36)22(5)42-24/h18-28,30,35-36,38H,12-17H2,1-11H3/t18-,19-,20+,21-,22+,23+,24+,25-,26+,27+,28-,30+,31-,32-/m1/s1. The van der Waals surface area contributed by atoms with Gasteiger partial charge in [0.1, 0.15) is 12.2 Å². The lowest BCUT2D eigenvalue weighted by Crippen LogP contribution is -2.60. The van der Waals surface area contributed by atoms with Gasteiger partial charge in [0, 0.05) is 38.1 Å². The molecule has 3 N–H and O–H groups in total. The van der Waals surface area contributed by atoms with Crippen LogP contribution in [0.5, 0.6) is 0 Å². The number of rotatable bonds is 6. The summed E-state index contributed by atoms with van der Waals surface area (Å²) in [6, 6.07) is -0.242. The molecule has 3 fully saturated rings. The molecule has 0 radical (unpaired) electrons. The molecule has 3 heterocycles. The maximum absolute atomic E-state index is 13.4. The monoisotopic (exact) mass is 632 g/mol. The van der Waals surface area contributed by atoms with E-state index in [9.17, 15) is 20.1 Å². The van der Waals surface area contributed by atoms with Crippen molar-refractivity contribution in [3.05, 3.63) is 0 Å². The number of esters is 1. The van der Waals surface area contributed by atoms with Crippen LogP contribution in [0, 0.1) is 11.8 Å². The highest BCUT2D eigenvalue weighted by Gasteiger charge is 2.51. The van der Waals surface area contributed by atoms with Gasteiger partial charge in [-0.25, -0.2) is 0 Å². The van der Waals surface area contributed by atoms with Crippen molar-refractivity contribution in [1.82, 2.24) is 9.80 Å². The average molecular weight is 633 g/mol. The minimum Gasteiger partial charge on any atom is -0.465 e. The van der Waals surface area contributed by atoms with Crippen LogP contribution in [-0.4, -0.2) is 145 Å². The normalized spacial score (nSPS) is 47.4. The van der Waals surface area contributed by atoms with E-state index in [1.54, 1.807) is 27.7 Å². The van der Waals surface area contributed by atoms with Crippen LogP contribution in [0.2, 0.25) is 0 Å². The third kappa shape index (κ3) is 8.70. The molecule has 3 saturated heterocycles. The Morgan fingerprint density at radius 2 is 1.68 bits per heavy atom. The highest BCUT2D eigenvalue weighted by Crippen LogP contribution is 2.39. The van der Waals surface area contributed by atoms with Gasteiger partial charge in [0.15, 0.2) is 12.6 Å². The topological polar surface area (TPSA) is 140 Å². The van der Waals surface area contributed by atoms with Crippen molar-refractivity contribution in [2.24, 2.45) is 11.8 Å². The molecule has 3 aliphatic rings. The van der Waals surface area contributed by atoms with Crippen molar-refractivity contribution in [2.45, 2.75) is 147 Å². The van der Waals surface area contributed by atoms with Crippen LogP contribution in [0.15, 0.2) is 0 Å². The summed E-state index contributed by atoms with van der Waals surface area (Å²) >= 11 is 0. The second-order valence-corrected chi connectivity index (χ2v) is 14.2. The number of methoxy groups -OCH3 is 1. The van der Waals surface area contributed by atoms with Gasteiger partial charge < -0.3 is 53.5 Å². The van der Waals surface area contributed by atoms with Gasteiger partial charge >= 0.3 is 5.97 Å². The molecule has 0 aromatic heterocycles. The minimum atomic E-state index is -1.41. The maximum Gasteiger partial charge on any atom is 0.311 e. The number of hydrogen-bond donors (Lipinski definition) is 3. The summed E-state index contributed by atoms with van der Waals surface area (Å²) in [6.45, 7) is 13.8. The highest BCUT2D eigenvalue weighted by atomic mass is 16.7. The third-order valence-corrected chi connectivity index (χ3v) is 10.2. The summed E-state index contributed by atoms with van der Waals surface area (Å²) in [5.74, 6) is -1.78. The van der Waals surface area contributed by atoms with Crippen molar-refractivity contribution in [3.63, 3.8) is 0 Å². The van der Waals surface area contributed by atoms with Crippen molar-refractivity contribution in [3.8, 4) is 0 Å². The Morgan fingerprint density at radius 3 is 2.30 bits per heavy atom. The first-order valence-electron chi connectivity index (χ1n) is 16.2. The second kappa shape index (κ2) is 15.3. The highest BCUT2D eigenvalue weighted by molar-refractivity contribution is 5.72. The van der Waals surface area contributed by atoms with Crippen molar-refractivity contribution in [1.29, 1.82) is 0 Å². The molecule has 0 aromatic rings. The zero-order valence-electron chi connectivity index (χ0n) is 28.8. The van der Waals surface area contributed by atoms with Crippen LogP contribution >= 0.6 is 0 Å². The Hall–Kier alpha value is -0.930. The van der Waals surface area contributed by atoms with Crippen LogP contribution < -0.4 is 0 Å². The number of nitrogens with zero attached hydrogens (tertiary/aromatic N) is 2. The van der Waals surface area contributed by atoms with Crippen LogP contribution in [0.25, 0.3) is 0 Å². The van der Waals surface area contributed by atoms with E-state index >= 15 is 0 Å². The number of carbonyl (C=O) groups excluding carboxylic acids is 1. The Morgan fingerprint density at radius 1 is 1.02 bits per heavy atom. The molecular formula is C32H60N2O10. The molecule has 3 aliphatic heterocycles. The van der Waals surface area contributed by atoms with E-state index in [-0.39, 0.29) is 31.2 Å². The number of hydrogen-bond acceptors (Lipinski definition) is 12. The molecule has 0 saturated carbocycles. The first-order chi connectivity index (χ1) is 20.4. The average Bonchev–Trinajstić information content (AvgIpc) is 2.95. The fraction of sp³-hybridized carbons (Fsp3) is 0.969. The third-order valence-electron chi connectivity index (χ3n) is 10.2. The number of cyclic esters (lactones) is 1. The van der Waals surface area contributed by atoms with Gasteiger partial charge in [0.25, 0.3) is 0 Å². The smallest absolute Gasteiger partial charge is 0.311 e. The quantitative estimate of drug-likeness (QED) is 0.368. The summed E-state index contributed by atoms with van der Waals surface area (Å²) in [6.07, 6.45) is -4.37. The fourth-order valence-electron chi connectivity index (χ4n) is 7.12. The predicted octanol–water partition coefficient (Wildman–Crippen LogP) is 1.76. The molecule has 3 rings (SSSR count). The molecule has 0 aliphatic carbocycles. The van der Waals surface area contributed by atoms with Crippen LogP contribution in [0.1, 0.15) is 74.1 Å². The van der Waals surface area contributed by atoms with Crippen LogP contribution in [0.3, 0.4) is 0 Å². The van der Waals surface area contributed by atoms with Gasteiger partial charge in [-0.3, -0.25) is 4.79 Å². The lowest BCUT2D eigenvalue weighted by molar-refractivity contribution is -0.317. The van der Waals surface area contributed by atoms with Gasteiger partial charge in [-0.15, -0.1) is 0 Å². The zero-order valence-corrected chi connectivity index (χ0v) is 28.8. The number of aliphatic hydroxyl groups excluding tert-OH is 2. The maximum atomic E-state index is 13.4. The van der Waals surface area contributed by atoms with Gasteiger partial charge in [0.2, 0.25) is 0 Å². The molecule has 44 heavy (non-hydrogen) atoms. The molecule has 12 heteroatoms. The summed E-state index contributed by atoms with van der Waals surface area (Å²) in [5, 5.41) is 34.4. The lowest BCUT2D eigenvalue weighted by Gasteiger charge is -2.48. The van der Waals surface area contributed by atoms with Crippen LogP contribution in [0.4, 0.5) is 0 Å². The Bertz CT molecular complexity index is 923. The van der Waals surface area contributed by atoms with Gasteiger partial charge in [0.05, 0.1) is 48.1 Å². The summed E-state index contributed by atoms with van der Waals surface area (Å²) < 4.78 is 36.9. The van der Waals surface area contributed by atoms with Crippen molar-refractivity contribution < 1.29 is 48.5 Å². The molecular weight excluding hydrogens is 572 g/mol. The van der Waals surface area contributed by atoms with E-state index in [0.717, 1.165) is 0 Å². The summed E-state index contributed by atoms with van der Waals surface area (Å²) in [5.41, 5.74) is -2.35. The number of ether oxygens (including phenoxy) is 6. The number of likely N-dealkylation sites (N-methyl/N-ethyl adjacent to an activating group) is 1. The Kier molecular flexibility index (Phi) is 13.1. The molecule has 0 spiro atoms. The predicted molar refractivity (Wildman–Crippen MR) is 164 cm³/mol. The second-order valence-electron chi connectivity index (χ2n) is 14.2. The summed E-state index contributed by atoms with van der Waals surface area (Å²) in [7, 11) is 7.34. The van der Waals surface area contributed by atoms with Gasteiger partial charge in [-0.05, 0) is 81.9 Å². The van der Waals surface area contributed by atoms with E-state index in [0.29, 0.717) is 25.8 Å².